The molecule has 4 nitrogen and oxygen atoms in total. The second-order valence-corrected chi connectivity index (χ2v) is 3.27. The average molecular weight is 203 g/mol. The van der Waals surface area contributed by atoms with Crippen molar-refractivity contribution in [3.63, 3.8) is 0 Å². The van der Waals surface area contributed by atoms with E-state index in [1.807, 2.05) is 6.07 Å². The fraction of sp³-hybridized carbons (Fsp3) is 0.0909. The summed E-state index contributed by atoms with van der Waals surface area (Å²) in [6, 6.07) is 6.93. The van der Waals surface area contributed by atoms with Gasteiger partial charge in [-0.25, -0.2) is 0 Å². The molecule has 0 saturated carbocycles. The molecule has 0 saturated heterocycles. The number of hydrogen-bond acceptors (Lipinski definition) is 2. The lowest BCUT2D eigenvalue weighted by molar-refractivity contribution is -0.135. The Balaban J connectivity index is 2.35. The smallest absolute Gasteiger partial charge is 0.311 e. The zero-order chi connectivity index (χ0) is 10.8. The first-order valence-electron chi connectivity index (χ1n) is 4.49. The highest BCUT2D eigenvalue weighted by molar-refractivity contribution is 6.07. The minimum atomic E-state index is -1.10. The molecule has 4 heteroatoms. The Morgan fingerprint density at radius 2 is 2.07 bits per heavy atom. The lowest BCUT2D eigenvalue weighted by atomic mass is 10.1. The number of carboxylic acids is 1. The topological polar surface area (TPSA) is 70.2 Å². The first kappa shape index (κ1) is 9.45. The van der Waals surface area contributed by atoms with E-state index < -0.39 is 12.4 Å². The number of aromatic amines is 1. The Morgan fingerprint density at radius 1 is 1.27 bits per heavy atom. The van der Waals surface area contributed by atoms with E-state index >= 15 is 0 Å². The summed E-state index contributed by atoms with van der Waals surface area (Å²) in [5.74, 6) is -1.47. The predicted octanol–water partition coefficient (Wildman–Crippen LogP) is 1.83. The van der Waals surface area contributed by atoms with Gasteiger partial charge in [-0.1, -0.05) is 0 Å². The number of fused-ring (bicyclic) bond motifs is 1. The maximum atomic E-state index is 11.4. The van der Waals surface area contributed by atoms with E-state index in [1.165, 1.54) is 0 Å². The molecule has 0 amide bonds. The van der Waals surface area contributed by atoms with Crippen molar-refractivity contribution in [2.75, 3.05) is 0 Å². The van der Waals surface area contributed by atoms with Crippen LogP contribution in [0.25, 0.3) is 10.9 Å². The number of nitrogens with one attached hydrogen (secondary N) is 1. The normalized spacial score (nSPS) is 10.4. The maximum Gasteiger partial charge on any atom is 0.311 e. The van der Waals surface area contributed by atoms with Crippen molar-refractivity contribution < 1.29 is 14.7 Å². The van der Waals surface area contributed by atoms with Crippen molar-refractivity contribution in [1.82, 2.24) is 4.98 Å². The highest BCUT2D eigenvalue weighted by Crippen LogP contribution is 2.15. The zero-order valence-electron chi connectivity index (χ0n) is 7.86. The number of aromatic nitrogens is 1. The summed E-state index contributed by atoms with van der Waals surface area (Å²) in [7, 11) is 0. The first-order chi connectivity index (χ1) is 7.16. The van der Waals surface area contributed by atoms with Crippen molar-refractivity contribution in [1.29, 1.82) is 0 Å². The first-order valence-corrected chi connectivity index (χ1v) is 4.49. The number of hydrogen-bond donors (Lipinski definition) is 2. The summed E-state index contributed by atoms with van der Waals surface area (Å²) < 4.78 is 0. The number of carboxylic acid groups (broad SMARTS) is 1. The summed E-state index contributed by atoms with van der Waals surface area (Å²) in [5, 5.41) is 9.40. The number of carbonyl (C=O) groups excluding carboxylic acids is 1. The van der Waals surface area contributed by atoms with Crippen LogP contribution in [0.1, 0.15) is 16.8 Å². The number of Topliss-reactive ketones (excluding diaryl/α,β-unsaturated/α-hetero) is 1. The molecule has 0 aliphatic heterocycles. The predicted molar refractivity (Wildman–Crippen MR) is 54.9 cm³/mol. The van der Waals surface area contributed by atoms with Gasteiger partial charge in [0.05, 0.1) is 0 Å². The molecule has 1 heterocycles. The van der Waals surface area contributed by atoms with Gasteiger partial charge in [0, 0.05) is 22.7 Å². The van der Waals surface area contributed by atoms with E-state index in [9.17, 15) is 9.59 Å². The van der Waals surface area contributed by atoms with Crippen LogP contribution < -0.4 is 0 Å². The molecular weight excluding hydrogens is 194 g/mol. The molecule has 2 aromatic rings. The molecule has 0 bridgehead atoms. The van der Waals surface area contributed by atoms with Crippen LogP contribution in [0.5, 0.6) is 0 Å². The Labute approximate surface area is 85.5 Å². The third-order valence-electron chi connectivity index (χ3n) is 2.19. The highest BCUT2D eigenvalue weighted by atomic mass is 16.4. The molecule has 0 atom stereocenters. The fourth-order valence-corrected chi connectivity index (χ4v) is 1.47. The van der Waals surface area contributed by atoms with Gasteiger partial charge >= 0.3 is 5.97 Å². The van der Waals surface area contributed by atoms with Gasteiger partial charge in [0.15, 0.2) is 5.78 Å². The number of carbonyl (C=O) groups is 2. The standard InChI is InChI=1S/C11H9NO3/c13-10(6-11(14)15)8-1-2-9-7(5-8)3-4-12-9/h1-5,12H,6H2,(H,14,15). The van der Waals surface area contributed by atoms with Gasteiger partial charge in [0.1, 0.15) is 6.42 Å². The largest absolute Gasteiger partial charge is 0.481 e. The Bertz CT molecular complexity index is 527. The number of aliphatic carboxylic acids is 1. The van der Waals surface area contributed by atoms with E-state index in [-0.39, 0.29) is 5.78 Å². The SMILES string of the molecule is O=C(O)CC(=O)c1ccc2[nH]ccc2c1. The van der Waals surface area contributed by atoms with Crippen LogP contribution >= 0.6 is 0 Å². The summed E-state index contributed by atoms with van der Waals surface area (Å²) in [4.78, 5) is 24.8. The summed E-state index contributed by atoms with van der Waals surface area (Å²) in [6.07, 6.45) is 1.31. The molecule has 0 unspecified atom stereocenters. The third-order valence-corrected chi connectivity index (χ3v) is 2.19. The minimum Gasteiger partial charge on any atom is -0.481 e. The summed E-state index contributed by atoms with van der Waals surface area (Å²) in [6.45, 7) is 0. The quantitative estimate of drug-likeness (QED) is 0.590. The van der Waals surface area contributed by atoms with Crippen LogP contribution in [0.15, 0.2) is 30.5 Å². The molecule has 0 aliphatic rings. The van der Waals surface area contributed by atoms with E-state index in [2.05, 4.69) is 4.98 Å². The Hall–Kier alpha value is -2.10. The van der Waals surface area contributed by atoms with Crippen molar-refractivity contribution in [2.45, 2.75) is 6.42 Å². The van der Waals surface area contributed by atoms with E-state index in [1.54, 1.807) is 24.4 Å². The molecule has 0 radical (unpaired) electrons. The summed E-state index contributed by atoms with van der Waals surface area (Å²) in [5.41, 5.74) is 1.37. The second kappa shape index (κ2) is 3.57. The molecule has 76 valence electrons. The monoisotopic (exact) mass is 203 g/mol. The van der Waals surface area contributed by atoms with Gasteiger partial charge in [0.25, 0.3) is 0 Å². The molecular formula is C11H9NO3. The van der Waals surface area contributed by atoms with E-state index in [4.69, 9.17) is 5.11 Å². The van der Waals surface area contributed by atoms with Crippen LogP contribution in [0, 0.1) is 0 Å². The molecule has 1 aromatic carbocycles. The van der Waals surface area contributed by atoms with E-state index in [0.717, 1.165) is 10.9 Å². The Morgan fingerprint density at radius 3 is 2.80 bits per heavy atom. The number of ketones is 1. The lowest BCUT2D eigenvalue weighted by Crippen LogP contribution is -2.06. The van der Waals surface area contributed by atoms with Gasteiger partial charge < -0.3 is 10.1 Å². The van der Waals surface area contributed by atoms with Crippen LogP contribution in [0.4, 0.5) is 0 Å². The van der Waals surface area contributed by atoms with Gasteiger partial charge in [-0.3, -0.25) is 9.59 Å². The van der Waals surface area contributed by atoms with Gasteiger partial charge in [-0.05, 0) is 24.3 Å². The van der Waals surface area contributed by atoms with Gasteiger partial charge in [0.2, 0.25) is 0 Å². The van der Waals surface area contributed by atoms with Crippen LogP contribution in [0.3, 0.4) is 0 Å². The maximum absolute atomic E-state index is 11.4. The average Bonchev–Trinajstić information content (AvgIpc) is 2.62. The molecule has 0 aliphatic carbocycles. The Kier molecular flexibility index (Phi) is 2.25. The number of H-pyrrole nitrogens is 1. The molecule has 0 fully saturated rings. The zero-order valence-corrected chi connectivity index (χ0v) is 7.86. The third kappa shape index (κ3) is 1.88. The van der Waals surface area contributed by atoms with Crippen molar-refractivity contribution in [2.24, 2.45) is 0 Å². The van der Waals surface area contributed by atoms with Crippen LogP contribution in [-0.2, 0) is 4.79 Å². The van der Waals surface area contributed by atoms with Gasteiger partial charge in [-0.15, -0.1) is 0 Å². The fourth-order valence-electron chi connectivity index (χ4n) is 1.47. The summed E-state index contributed by atoms with van der Waals surface area (Å²) >= 11 is 0. The minimum absolute atomic E-state index is 0.370. The molecule has 2 rings (SSSR count). The van der Waals surface area contributed by atoms with Crippen molar-refractivity contribution in [3.8, 4) is 0 Å². The van der Waals surface area contributed by atoms with Gasteiger partial charge in [-0.2, -0.15) is 0 Å². The molecule has 1 aromatic heterocycles. The van der Waals surface area contributed by atoms with Crippen molar-refractivity contribution in [3.05, 3.63) is 36.0 Å². The van der Waals surface area contributed by atoms with Crippen LogP contribution in [0.2, 0.25) is 0 Å². The second-order valence-electron chi connectivity index (χ2n) is 3.27. The molecule has 2 N–H and O–H groups in total. The highest BCUT2D eigenvalue weighted by Gasteiger charge is 2.10. The molecule has 0 spiro atoms. The molecule has 15 heavy (non-hydrogen) atoms. The lowest BCUT2D eigenvalue weighted by Gasteiger charge is -1.98. The number of benzene rings is 1. The van der Waals surface area contributed by atoms with Crippen molar-refractivity contribution >= 4 is 22.7 Å². The number of rotatable bonds is 3. The van der Waals surface area contributed by atoms with E-state index in [0.29, 0.717) is 5.56 Å². The van der Waals surface area contributed by atoms with Crippen LogP contribution in [-0.4, -0.2) is 21.8 Å².